The molecule has 6 heteroatoms. The summed E-state index contributed by atoms with van der Waals surface area (Å²) < 4.78 is 10.6. The lowest BCUT2D eigenvalue weighted by atomic mass is 10.0. The summed E-state index contributed by atoms with van der Waals surface area (Å²) in [5.74, 6) is 1.19. The SMILES string of the molecule is O=C1CCc2c(cccc2OC(CCCc2ccccc2)=NOS)N1. The molecule has 25 heavy (non-hydrogen) atoms. The first-order chi connectivity index (χ1) is 12.3. The first kappa shape index (κ1) is 17.4. The van der Waals surface area contributed by atoms with E-state index in [-0.39, 0.29) is 5.91 Å². The molecular weight excluding hydrogens is 336 g/mol. The van der Waals surface area contributed by atoms with E-state index in [2.05, 4.69) is 39.8 Å². The molecule has 0 saturated carbocycles. The van der Waals surface area contributed by atoms with Gasteiger partial charge in [0.05, 0.1) is 12.9 Å². The summed E-state index contributed by atoms with van der Waals surface area (Å²) in [6.07, 6.45) is 3.54. The van der Waals surface area contributed by atoms with Crippen molar-refractivity contribution in [3.05, 3.63) is 59.7 Å². The van der Waals surface area contributed by atoms with Crippen molar-refractivity contribution in [2.45, 2.75) is 32.1 Å². The number of carbonyl (C=O) groups excluding carboxylic acids is 1. The van der Waals surface area contributed by atoms with Crippen LogP contribution in [0.15, 0.2) is 53.7 Å². The fourth-order valence-corrected chi connectivity index (χ4v) is 2.95. The zero-order valence-electron chi connectivity index (χ0n) is 13.8. The number of aryl methyl sites for hydroxylation is 1. The normalized spacial score (nSPS) is 13.8. The van der Waals surface area contributed by atoms with E-state index in [1.807, 2.05) is 36.4 Å². The third kappa shape index (κ3) is 4.76. The standard InChI is InChI=1S/C19H20N2O3S/c22-18-13-12-15-16(20-18)9-5-10-17(15)23-19(21-24-25)11-4-8-14-6-2-1-3-7-14/h1-3,5-7,9-10,25H,4,8,11-13H2,(H,20,22). The van der Waals surface area contributed by atoms with Gasteiger partial charge >= 0.3 is 0 Å². The maximum absolute atomic E-state index is 11.5. The van der Waals surface area contributed by atoms with Crippen molar-refractivity contribution >= 4 is 30.4 Å². The van der Waals surface area contributed by atoms with Crippen molar-refractivity contribution in [1.82, 2.24) is 0 Å². The third-order valence-electron chi connectivity index (χ3n) is 4.08. The molecule has 1 aliphatic heterocycles. The summed E-state index contributed by atoms with van der Waals surface area (Å²) in [6.45, 7) is 0. The van der Waals surface area contributed by atoms with Crippen LogP contribution in [0.5, 0.6) is 5.75 Å². The molecule has 0 unspecified atom stereocenters. The van der Waals surface area contributed by atoms with Crippen LogP contribution in [0.2, 0.25) is 0 Å². The van der Waals surface area contributed by atoms with Crippen molar-refractivity contribution in [3.63, 3.8) is 0 Å². The topological polar surface area (TPSA) is 59.9 Å². The fourth-order valence-electron chi connectivity index (χ4n) is 2.86. The Labute approximate surface area is 152 Å². The summed E-state index contributed by atoms with van der Waals surface area (Å²) in [5.41, 5.74) is 3.05. The van der Waals surface area contributed by atoms with Gasteiger partial charge in [-0.25, -0.2) is 0 Å². The molecule has 1 aliphatic rings. The second kappa shape index (κ2) is 8.58. The highest BCUT2D eigenvalue weighted by Gasteiger charge is 2.19. The van der Waals surface area contributed by atoms with Crippen molar-refractivity contribution in [3.8, 4) is 5.75 Å². The Morgan fingerprint density at radius 2 is 1.96 bits per heavy atom. The molecule has 1 heterocycles. The van der Waals surface area contributed by atoms with Crippen LogP contribution in [0, 0.1) is 0 Å². The summed E-state index contributed by atoms with van der Waals surface area (Å²) in [6, 6.07) is 15.9. The van der Waals surface area contributed by atoms with Gasteiger partial charge in [-0.05, 0) is 42.1 Å². The molecule has 1 amide bonds. The molecule has 2 aromatic rings. The summed E-state index contributed by atoms with van der Waals surface area (Å²) in [7, 11) is 0. The minimum Gasteiger partial charge on any atom is -0.439 e. The number of fused-ring (bicyclic) bond motifs is 1. The lowest BCUT2D eigenvalue weighted by Gasteiger charge is -2.20. The average Bonchev–Trinajstić information content (AvgIpc) is 2.62. The van der Waals surface area contributed by atoms with Gasteiger partial charge in [-0.2, -0.15) is 0 Å². The Morgan fingerprint density at radius 1 is 1.12 bits per heavy atom. The van der Waals surface area contributed by atoms with Crippen LogP contribution in [0.4, 0.5) is 5.69 Å². The predicted octanol–water partition coefficient (Wildman–Crippen LogP) is 4.15. The number of carbonyl (C=O) groups is 1. The molecule has 0 spiro atoms. The van der Waals surface area contributed by atoms with Crippen LogP contribution in [0.25, 0.3) is 0 Å². The van der Waals surface area contributed by atoms with Gasteiger partial charge in [-0.1, -0.05) is 36.4 Å². The summed E-state index contributed by atoms with van der Waals surface area (Å²) in [4.78, 5) is 11.5. The number of benzene rings is 2. The molecule has 3 rings (SSSR count). The van der Waals surface area contributed by atoms with Gasteiger partial charge in [0, 0.05) is 24.1 Å². The molecule has 1 N–H and O–H groups in total. The lowest BCUT2D eigenvalue weighted by molar-refractivity contribution is -0.116. The number of hydrogen-bond donors (Lipinski definition) is 2. The molecule has 0 fully saturated rings. The number of rotatable bonds is 6. The Kier molecular flexibility index (Phi) is 5.95. The Balaban J connectivity index is 1.65. The maximum atomic E-state index is 11.5. The zero-order valence-corrected chi connectivity index (χ0v) is 14.7. The highest BCUT2D eigenvalue weighted by molar-refractivity contribution is 7.75. The van der Waals surface area contributed by atoms with Gasteiger partial charge in [0.25, 0.3) is 0 Å². The molecule has 2 aromatic carbocycles. The van der Waals surface area contributed by atoms with Crippen molar-refractivity contribution in [2.75, 3.05) is 5.32 Å². The molecule has 130 valence electrons. The van der Waals surface area contributed by atoms with Crippen molar-refractivity contribution in [1.29, 1.82) is 0 Å². The van der Waals surface area contributed by atoms with Crippen LogP contribution >= 0.6 is 12.9 Å². The van der Waals surface area contributed by atoms with Crippen LogP contribution in [0.3, 0.4) is 0 Å². The molecule has 0 atom stereocenters. The van der Waals surface area contributed by atoms with E-state index >= 15 is 0 Å². The Hall–Kier alpha value is -2.47. The smallest absolute Gasteiger partial charge is 0.232 e. The molecule has 0 radical (unpaired) electrons. The van der Waals surface area contributed by atoms with E-state index in [0.717, 1.165) is 24.1 Å². The first-order valence-corrected chi connectivity index (χ1v) is 8.64. The Morgan fingerprint density at radius 3 is 2.76 bits per heavy atom. The van der Waals surface area contributed by atoms with E-state index in [1.54, 1.807) is 0 Å². The minimum atomic E-state index is 0.0279. The summed E-state index contributed by atoms with van der Waals surface area (Å²) in [5, 5.41) is 6.75. The molecule has 0 saturated heterocycles. The van der Waals surface area contributed by atoms with Crippen molar-refractivity contribution < 1.29 is 13.8 Å². The van der Waals surface area contributed by atoms with Gasteiger partial charge in [0.2, 0.25) is 11.8 Å². The zero-order chi connectivity index (χ0) is 17.5. The average molecular weight is 356 g/mol. The molecule has 0 aromatic heterocycles. The predicted molar refractivity (Wildman–Crippen MR) is 101 cm³/mol. The van der Waals surface area contributed by atoms with Crippen LogP contribution in [-0.2, 0) is 21.9 Å². The minimum absolute atomic E-state index is 0.0279. The van der Waals surface area contributed by atoms with Gasteiger partial charge in [-0.15, -0.1) is 0 Å². The number of nitrogens with zero attached hydrogens (tertiary/aromatic N) is 1. The highest BCUT2D eigenvalue weighted by Crippen LogP contribution is 2.31. The number of oxime groups is 1. The van der Waals surface area contributed by atoms with E-state index < -0.39 is 0 Å². The first-order valence-electron chi connectivity index (χ1n) is 8.27. The molecule has 5 nitrogen and oxygen atoms in total. The number of ether oxygens (including phenoxy) is 1. The highest BCUT2D eigenvalue weighted by atomic mass is 32.1. The number of hydrogen-bond acceptors (Lipinski definition) is 5. The second-order valence-corrected chi connectivity index (χ2v) is 6.00. The quantitative estimate of drug-likeness (QED) is 0.269. The van der Waals surface area contributed by atoms with Gasteiger partial charge in [-0.3, -0.25) is 4.79 Å². The summed E-state index contributed by atoms with van der Waals surface area (Å²) >= 11 is 3.70. The fraction of sp³-hybridized carbons (Fsp3) is 0.263. The van der Waals surface area contributed by atoms with Gasteiger partial charge in [0.15, 0.2) is 0 Å². The van der Waals surface area contributed by atoms with Gasteiger partial charge in [0.1, 0.15) is 5.75 Å². The number of anilines is 1. The van der Waals surface area contributed by atoms with E-state index in [0.29, 0.717) is 30.9 Å². The van der Waals surface area contributed by atoms with E-state index in [1.165, 1.54) is 5.56 Å². The number of thiol groups is 1. The maximum Gasteiger partial charge on any atom is 0.232 e. The number of amides is 1. The van der Waals surface area contributed by atoms with Crippen LogP contribution in [0.1, 0.15) is 30.4 Å². The van der Waals surface area contributed by atoms with E-state index in [4.69, 9.17) is 4.74 Å². The molecule has 0 aliphatic carbocycles. The van der Waals surface area contributed by atoms with Gasteiger partial charge < -0.3 is 14.3 Å². The largest absolute Gasteiger partial charge is 0.439 e. The Bertz CT molecular complexity index is 763. The van der Waals surface area contributed by atoms with Crippen LogP contribution < -0.4 is 10.1 Å². The van der Waals surface area contributed by atoms with Crippen molar-refractivity contribution in [2.24, 2.45) is 5.16 Å². The third-order valence-corrected chi connectivity index (χ3v) is 4.16. The molecular formula is C19H20N2O3S. The molecule has 0 bridgehead atoms. The van der Waals surface area contributed by atoms with E-state index in [9.17, 15) is 4.79 Å². The monoisotopic (exact) mass is 356 g/mol. The van der Waals surface area contributed by atoms with Crippen LogP contribution in [-0.4, -0.2) is 11.8 Å². The second-order valence-electron chi connectivity index (χ2n) is 5.84. The lowest BCUT2D eigenvalue weighted by Crippen LogP contribution is -2.20. The number of nitrogens with one attached hydrogen (secondary N) is 1.